The third-order valence-electron chi connectivity index (χ3n) is 6.89. The molecule has 8 nitrogen and oxygen atoms in total. The molecule has 3 aromatic rings. The molecule has 4 rings (SSSR count). The molecule has 3 aromatic carbocycles. The number of nitrogens with zero attached hydrogens (tertiary/aromatic N) is 1. The van der Waals surface area contributed by atoms with Crippen molar-refractivity contribution in [3.63, 3.8) is 0 Å². The van der Waals surface area contributed by atoms with E-state index in [4.69, 9.17) is 9.47 Å². The van der Waals surface area contributed by atoms with E-state index in [-0.39, 0.29) is 43.9 Å². The fourth-order valence-electron chi connectivity index (χ4n) is 4.71. The highest BCUT2D eigenvalue weighted by Gasteiger charge is 2.39. The second kappa shape index (κ2) is 14.9. The number of hydrogen-bond acceptors (Lipinski definition) is 6. The van der Waals surface area contributed by atoms with Crippen molar-refractivity contribution in [3.8, 4) is 5.75 Å². The number of carbonyl (C=O) groups excluding carboxylic acids is 2. The highest BCUT2D eigenvalue weighted by Crippen LogP contribution is 2.26. The molecule has 42 heavy (non-hydrogen) atoms. The lowest BCUT2D eigenvalue weighted by atomic mass is 10.0. The van der Waals surface area contributed by atoms with Gasteiger partial charge in [0.2, 0.25) is 15.9 Å². The second-order valence-electron chi connectivity index (χ2n) is 9.98. The molecule has 1 aliphatic heterocycles. The first-order valence-electron chi connectivity index (χ1n) is 13.8. The van der Waals surface area contributed by atoms with Gasteiger partial charge >= 0.3 is 5.97 Å². The fourth-order valence-corrected chi connectivity index (χ4v) is 6.40. The quantitative estimate of drug-likeness (QED) is 0.228. The highest BCUT2D eigenvalue weighted by molar-refractivity contribution is 7.89. The zero-order chi connectivity index (χ0) is 30.0. The van der Waals surface area contributed by atoms with Crippen LogP contribution in [0.1, 0.15) is 36.8 Å². The van der Waals surface area contributed by atoms with E-state index in [1.165, 1.54) is 12.1 Å². The molecule has 1 saturated heterocycles. The van der Waals surface area contributed by atoms with Crippen LogP contribution >= 0.6 is 0 Å². The summed E-state index contributed by atoms with van der Waals surface area (Å²) in [4.78, 5) is 26.6. The number of esters is 1. The summed E-state index contributed by atoms with van der Waals surface area (Å²) in [6.07, 6.45) is 1.75. The summed E-state index contributed by atoms with van der Waals surface area (Å²) < 4.78 is 65.1. The number of piperidine rings is 1. The third-order valence-corrected chi connectivity index (χ3v) is 8.80. The van der Waals surface area contributed by atoms with Gasteiger partial charge in [-0.1, -0.05) is 55.0 Å². The normalized spacial score (nSPS) is 16.4. The molecule has 0 bridgehead atoms. The van der Waals surface area contributed by atoms with Crippen molar-refractivity contribution in [1.29, 1.82) is 0 Å². The molecular weight excluding hydrogens is 566 g/mol. The molecule has 0 aliphatic carbocycles. The van der Waals surface area contributed by atoms with E-state index < -0.39 is 46.5 Å². The molecule has 0 radical (unpaired) electrons. The van der Waals surface area contributed by atoms with Crippen molar-refractivity contribution in [2.24, 2.45) is 0 Å². The predicted molar refractivity (Wildman–Crippen MR) is 152 cm³/mol. The Morgan fingerprint density at radius 2 is 1.74 bits per heavy atom. The van der Waals surface area contributed by atoms with Crippen LogP contribution in [-0.2, 0) is 37.4 Å². The van der Waals surface area contributed by atoms with Crippen molar-refractivity contribution in [3.05, 3.63) is 95.8 Å². The van der Waals surface area contributed by atoms with Gasteiger partial charge in [0.25, 0.3) is 0 Å². The first-order valence-corrected chi connectivity index (χ1v) is 15.3. The van der Waals surface area contributed by atoms with E-state index in [0.29, 0.717) is 24.2 Å². The zero-order valence-corrected chi connectivity index (χ0v) is 23.9. The van der Waals surface area contributed by atoms with E-state index >= 15 is 0 Å². The number of halogens is 2. The van der Waals surface area contributed by atoms with E-state index in [1.54, 1.807) is 36.4 Å². The largest absolute Gasteiger partial charge is 0.494 e. The average molecular weight is 601 g/mol. The van der Waals surface area contributed by atoms with Crippen LogP contribution in [0.3, 0.4) is 0 Å². The molecule has 224 valence electrons. The summed E-state index contributed by atoms with van der Waals surface area (Å²) in [6.45, 7) is -0.163. The second-order valence-corrected chi connectivity index (χ2v) is 11.9. The maximum Gasteiger partial charge on any atom is 0.329 e. The minimum absolute atomic E-state index is 0.00308. The molecule has 0 aromatic heterocycles. The van der Waals surface area contributed by atoms with Gasteiger partial charge in [-0.15, -0.1) is 0 Å². The summed E-state index contributed by atoms with van der Waals surface area (Å²) in [6, 6.07) is 18.4. The first-order chi connectivity index (χ1) is 20.3. The molecule has 0 spiro atoms. The van der Waals surface area contributed by atoms with E-state index in [9.17, 15) is 26.8 Å². The van der Waals surface area contributed by atoms with Gasteiger partial charge in [-0.3, -0.25) is 9.18 Å². The molecule has 1 unspecified atom stereocenters. The average Bonchev–Trinajstić information content (AvgIpc) is 3.01. The van der Waals surface area contributed by atoms with Crippen LogP contribution in [0.4, 0.5) is 8.78 Å². The van der Waals surface area contributed by atoms with Crippen LogP contribution in [0.2, 0.25) is 0 Å². The predicted octanol–water partition coefficient (Wildman–Crippen LogP) is 4.58. The number of alkyl halides is 1. The summed E-state index contributed by atoms with van der Waals surface area (Å²) in [5, 5.41) is 2.73. The number of carbonyl (C=O) groups is 2. The maximum absolute atomic E-state index is 13.8. The van der Waals surface area contributed by atoms with Crippen molar-refractivity contribution in [1.82, 2.24) is 9.62 Å². The standard InChI is InChI=1S/C31H34F2N2O6S/c32-17-7-19-40-26-15-13-23(14-16-26)20-28(31(37)41-22-24-8-2-1-3-9-24)34-30(36)29-12-4-5-18-35(29)42(38,39)27-11-6-10-25(33)21-27/h1-3,6,8-11,13-16,21,28-29H,4-5,7,12,17-20,22H2,(H,34,36)/t28-,29?/m0/s1. The Morgan fingerprint density at radius 1 is 0.976 bits per heavy atom. The maximum atomic E-state index is 13.8. The molecule has 2 atom stereocenters. The Kier molecular flexibility index (Phi) is 11.0. The Morgan fingerprint density at radius 3 is 2.45 bits per heavy atom. The van der Waals surface area contributed by atoms with Gasteiger partial charge in [-0.2, -0.15) is 4.31 Å². The Bertz CT molecular complexity index is 1440. The van der Waals surface area contributed by atoms with Crippen molar-refractivity contribution in [2.75, 3.05) is 19.8 Å². The van der Waals surface area contributed by atoms with Crippen LogP contribution in [0.5, 0.6) is 5.75 Å². The van der Waals surface area contributed by atoms with Crippen LogP contribution in [0.15, 0.2) is 83.8 Å². The first kappa shape index (κ1) is 31.1. The molecule has 1 fully saturated rings. The number of nitrogens with one attached hydrogen (secondary N) is 1. The van der Waals surface area contributed by atoms with E-state index in [0.717, 1.165) is 22.0 Å². The smallest absolute Gasteiger partial charge is 0.329 e. The van der Waals surface area contributed by atoms with E-state index in [1.807, 2.05) is 18.2 Å². The Balaban J connectivity index is 1.52. The number of amides is 1. The molecule has 11 heteroatoms. The van der Waals surface area contributed by atoms with Gasteiger partial charge < -0.3 is 14.8 Å². The summed E-state index contributed by atoms with van der Waals surface area (Å²) in [7, 11) is -4.18. The van der Waals surface area contributed by atoms with Crippen molar-refractivity contribution >= 4 is 21.9 Å². The van der Waals surface area contributed by atoms with Crippen molar-refractivity contribution < 1.29 is 36.3 Å². The molecule has 0 saturated carbocycles. The molecule has 1 amide bonds. The number of ether oxygens (including phenoxy) is 2. The van der Waals surface area contributed by atoms with Crippen LogP contribution in [0, 0.1) is 5.82 Å². The van der Waals surface area contributed by atoms with Crippen molar-refractivity contribution in [2.45, 2.75) is 55.7 Å². The molecule has 1 heterocycles. The summed E-state index contributed by atoms with van der Waals surface area (Å²) in [5.74, 6) is -1.47. The van der Waals surface area contributed by atoms with E-state index in [2.05, 4.69) is 5.32 Å². The van der Waals surface area contributed by atoms with Gasteiger partial charge in [0.05, 0.1) is 18.2 Å². The Labute approximate surface area is 244 Å². The molecular formula is C31H34F2N2O6S. The number of sulfonamides is 1. The summed E-state index contributed by atoms with van der Waals surface area (Å²) >= 11 is 0. The topological polar surface area (TPSA) is 102 Å². The fraction of sp³-hybridized carbons (Fsp3) is 0.355. The third kappa shape index (κ3) is 8.36. The number of hydrogen-bond donors (Lipinski definition) is 1. The Hall–Kier alpha value is -3.83. The minimum atomic E-state index is -4.18. The lowest BCUT2D eigenvalue weighted by Gasteiger charge is -2.34. The number of benzene rings is 3. The lowest BCUT2D eigenvalue weighted by molar-refractivity contribution is -0.149. The SMILES string of the molecule is O=C(N[C@@H](Cc1ccc(OCCCF)cc1)C(=O)OCc1ccccc1)C1CCCCN1S(=O)(=O)c1cccc(F)c1. The molecule has 1 aliphatic rings. The van der Waals surface area contributed by atoms with Crippen LogP contribution in [-0.4, -0.2) is 56.5 Å². The minimum Gasteiger partial charge on any atom is -0.494 e. The van der Waals surface area contributed by atoms with Gasteiger partial charge in [0.1, 0.15) is 30.3 Å². The van der Waals surface area contributed by atoms with Crippen LogP contribution in [0.25, 0.3) is 0 Å². The molecule has 1 N–H and O–H groups in total. The number of rotatable bonds is 13. The summed E-state index contributed by atoms with van der Waals surface area (Å²) in [5.41, 5.74) is 1.47. The van der Waals surface area contributed by atoms with Gasteiger partial charge in [-0.25, -0.2) is 17.6 Å². The lowest BCUT2D eigenvalue weighted by Crippen LogP contribution is -2.55. The van der Waals surface area contributed by atoms with Gasteiger partial charge in [0, 0.05) is 19.4 Å². The zero-order valence-electron chi connectivity index (χ0n) is 23.1. The highest BCUT2D eigenvalue weighted by atomic mass is 32.2. The van der Waals surface area contributed by atoms with Gasteiger partial charge in [-0.05, 0) is 54.3 Å². The monoisotopic (exact) mass is 600 g/mol. The van der Waals surface area contributed by atoms with Gasteiger partial charge in [0.15, 0.2) is 0 Å². The van der Waals surface area contributed by atoms with Crippen LogP contribution < -0.4 is 10.1 Å².